The topological polar surface area (TPSA) is 47.3 Å². The van der Waals surface area contributed by atoms with Crippen molar-refractivity contribution in [3.05, 3.63) is 29.6 Å². The fraction of sp³-hybridized carbons (Fsp3) is 0.611. The smallest absolute Gasteiger partial charge is 0.0959 e. The van der Waals surface area contributed by atoms with E-state index in [-0.39, 0.29) is 0 Å². The van der Waals surface area contributed by atoms with Crippen molar-refractivity contribution in [2.24, 2.45) is 0 Å². The SMILES string of the molecule is Cc1cc2ncn(C[C@H](O)COC3CCCCC3)c2cc1C. The zero-order chi connectivity index (χ0) is 15.5. The van der Waals surface area contributed by atoms with Gasteiger partial charge in [0.25, 0.3) is 0 Å². The molecule has 0 radical (unpaired) electrons. The molecule has 120 valence electrons. The molecule has 1 N–H and O–H groups in total. The minimum absolute atomic E-state index is 0.341. The normalized spacial score (nSPS) is 18.0. The Kier molecular flexibility index (Phi) is 4.79. The second kappa shape index (κ2) is 6.80. The highest BCUT2D eigenvalue weighted by Crippen LogP contribution is 2.21. The van der Waals surface area contributed by atoms with Crippen molar-refractivity contribution < 1.29 is 9.84 Å². The summed E-state index contributed by atoms with van der Waals surface area (Å²) < 4.78 is 7.89. The Bertz CT molecular complexity index is 629. The summed E-state index contributed by atoms with van der Waals surface area (Å²) in [6, 6.07) is 4.25. The van der Waals surface area contributed by atoms with Crippen LogP contribution in [-0.2, 0) is 11.3 Å². The molecule has 1 aliphatic rings. The van der Waals surface area contributed by atoms with E-state index in [1.54, 1.807) is 0 Å². The van der Waals surface area contributed by atoms with Crippen LogP contribution in [0.3, 0.4) is 0 Å². The van der Waals surface area contributed by atoms with Crippen molar-refractivity contribution in [3.63, 3.8) is 0 Å². The monoisotopic (exact) mass is 302 g/mol. The van der Waals surface area contributed by atoms with E-state index in [1.165, 1.54) is 30.4 Å². The summed E-state index contributed by atoms with van der Waals surface area (Å²) >= 11 is 0. The molecule has 0 spiro atoms. The average Bonchev–Trinajstić information content (AvgIpc) is 2.89. The highest BCUT2D eigenvalue weighted by Gasteiger charge is 2.16. The average molecular weight is 302 g/mol. The lowest BCUT2D eigenvalue weighted by Gasteiger charge is -2.23. The molecule has 0 unspecified atom stereocenters. The predicted octanol–water partition coefficient (Wildman–Crippen LogP) is 3.36. The van der Waals surface area contributed by atoms with Crippen LogP contribution in [0.5, 0.6) is 0 Å². The Morgan fingerprint density at radius 1 is 1.23 bits per heavy atom. The van der Waals surface area contributed by atoms with Crippen LogP contribution in [0.25, 0.3) is 11.0 Å². The standard InChI is InChI=1S/C18H26N2O2/c1-13-8-17-18(9-14(13)2)20(12-19-17)10-15(21)11-22-16-6-4-3-5-7-16/h8-9,12,15-16,21H,3-7,10-11H2,1-2H3/t15-/m0/s1. The number of aryl methyl sites for hydroxylation is 2. The van der Waals surface area contributed by atoms with Gasteiger partial charge in [0, 0.05) is 0 Å². The van der Waals surface area contributed by atoms with Crippen LogP contribution in [0.2, 0.25) is 0 Å². The van der Waals surface area contributed by atoms with Gasteiger partial charge < -0.3 is 14.4 Å². The number of hydrogen-bond acceptors (Lipinski definition) is 3. The van der Waals surface area contributed by atoms with Crippen molar-refractivity contribution >= 4 is 11.0 Å². The Morgan fingerprint density at radius 3 is 2.73 bits per heavy atom. The molecule has 22 heavy (non-hydrogen) atoms. The largest absolute Gasteiger partial charge is 0.389 e. The first-order chi connectivity index (χ1) is 10.6. The molecule has 0 aliphatic heterocycles. The van der Waals surface area contributed by atoms with Gasteiger partial charge in [-0.2, -0.15) is 0 Å². The Balaban J connectivity index is 1.61. The predicted molar refractivity (Wildman–Crippen MR) is 88.0 cm³/mol. The molecule has 0 bridgehead atoms. The minimum atomic E-state index is -0.485. The highest BCUT2D eigenvalue weighted by atomic mass is 16.5. The van der Waals surface area contributed by atoms with E-state index in [1.807, 2.05) is 10.9 Å². The number of imidazole rings is 1. The summed E-state index contributed by atoms with van der Waals surface area (Å²) in [6.45, 7) is 5.15. The van der Waals surface area contributed by atoms with Crippen molar-refractivity contribution in [3.8, 4) is 0 Å². The molecule has 1 heterocycles. The van der Waals surface area contributed by atoms with Gasteiger partial charge in [-0.15, -0.1) is 0 Å². The van der Waals surface area contributed by atoms with Gasteiger partial charge in [0.15, 0.2) is 0 Å². The first kappa shape index (κ1) is 15.5. The molecule has 1 fully saturated rings. The lowest BCUT2D eigenvalue weighted by atomic mass is 9.98. The van der Waals surface area contributed by atoms with Gasteiger partial charge in [0.2, 0.25) is 0 Å². The van der Waals surface area contributed by atoms with Gasteiger partial charge in [0.1, 0.15) is 0 Å². The number of fused-ring (bicyclic) bond motifs is 1. The number of nitrogens with zero attached hydrogens (tertiary/aromatic N) is 2. The zero-order valence-electron chi connectivity index (χ0n) is 13.6. The van der Waals surface area contributed by atoms with Crippen molar-refractivity contribution in [1.82, 2.24) is 9.55 Å². The third kappa shape index (κ3) is 3.50. The van der Waals surface area contributed by atoms with Crippen LogP contribution in [-0.4, -0.2) is 33.5 Å². The van der Waals surface area contributed by atoms with Crippen LogP contribution in [0.1, 0.15) is 43.2 Å². The van der Waals surface area contributed by atoms with Gasteiger partial charge in [-0.05, 0) is 49.9 Å². The molecule has 2 aromatic rings. The molecule has 0 saturated heterocycles. The van der Waals surface area contributed by atoms with E-state index >= 15 is 0 Å². The van der Waals surface area contributed by atoms with Crippen LogP contribution in [0.15, 0.2) is 18.5 Å². The van der Waals surface area contributed by atoms with Crippen molar-refractivity contribution in [2.75, 3.05) is 6.61 Å². The number of ether oxygens (including phenoxy) is 1. The number of aromatic nitrogens is 2. The highest BCUT2D eigenvalue weighted by molar-refractivity contribution is 5.77. The third-order valence-electron chi connectivity index (χ3n) is 4.72. The van der Waals surface area contributed by atoms with Gasteiger partial charge >= 0.3 is 0 Å². The molecule has 1 aromatic carbocycles. The van der Waals surface area contributed by atoms with Crippen LogP contribution in [0, 0.1) is 13.8 Å². The van der Waals surface area contributed by atoms with E-state index in [2.05, 4.69) is 31.0 Å². The van der Waals surface area contributed by atoms with E-state index in [4.69, 9.17) is 4.74 Å². The quantitative estimate of drug-likeness (QED) is 0.921. The van der Waals surface area contributed by atoms with E-state index in [9.17, 15) is 5.11 Å². The van der Waals surface area contributed by atoms with Crippen LogP contribution < -0.4 is 0 Å². The molecule has 4 heteroatoms. The van der Waals surface area contributed by atoms with Gasteiger partial charge in [-0.25, -0.2) is 4.98 Å². The van der Waals surface area contributed by atoms with Gasteiger partial charge in [-0.3, -0.25) is 0 Å². The molecule has 1 aliphatic carbocycles. The molecule has 4 nitrogen and oxygen atoms in total. The lowest BCUT2D eigenvalue weighted by molar-refractivity contribution is -0.0280. The minimum Gasteiger partial charge on any atom is -0.389 e. The molecule has 1 atom stereocenters. The number of aliphatic hydroxyl groups excluding tert-OH is 1. The third-order valence-corrected chi connectivity index (χ3v) is 4.72. The summed E-state index contributed by atoms with van der Waals surface area (Å²) in [6.07, 6.45) is 7.78. The van der Waals surface area contributed by atoms with E-state index in [0.29, 0.717) is 19.3 Å². The van der Waals surface area contributed by atoms with Crippen molar-refractivity contribution in [2.45, 2.75) is 64.7 Å². The maximum atomic E-state index is 10.3. The zero-order valence-corrected chi connectivity index (χ0v) is 13.6. The Hall–Kier alpha value is -1.39. The fourth-order valence-corrected chi connectivity index (χ4v) is 3.22. The van der Waals surface area contributed by atoms with E-state index < -0.39 is 6.10 Å². The lowest BCUT2D eigenvalue weighted by Crippen LogP contribution is -2.26. The number of benzene rings is 1. The van der Waals surface area contributed by atoms with Crippen LogP contribution in [0.4, 0.5) is 0 Å². The Labute approximate surface area is 132 Å². The second-order valence-corrected chi connectivity index (χ2v) is 6.57. The van der Waals surface area contributed by atoms with Gasteiger partial charge in [0.05, 0.1) is 42.7 Å². The second-order valence-electron chi connectivity index (χ2n) is 6.57. The molecule has 1 saturated carbocycles. The summed E-state index contributed by atoms with van der Waals surface area (Å²) in [5, 5.41) is 10.3. The Morgan fingerprint density at radius 2 is 1.95 bits per heavy atom. The fourth-order valence-electron chi connectivity index (χ4n) is 3.22. The van der Waals surface area contributed by atoms with Crippen molar-refractivity contribution in [1.29, 1.82) is 0 Å². The molecule has 0 amide bonds. The van der Waals surface area contributed by atoms with Gasteiger partial charge in [-0.1, -0.05) is 19.3 Å². The maximum absolute atomic E-state index is 10.3. The molecule has 3 rings (SSSR count). The molecular formula is C18H26N2O2. The first-order valence-electron chi connectivity index (χ1n) is 8.35. The number of rotatable bonds is 5. The summed E-state index contributed by atoms with van der Waals surface area (Å²) in [5.41, 5.74) is 4.57. The number of hydrogen-bond donors (Lipinski definition) is 1. The molecule has 1 aromatic heterocycles. The maximum Gasteiger partial charge on any atom is 0.0959 e. The summed E-state index contributed by atoms with van der Waals surface area (Å²) in [5.74, 6) is 0. The molecular weight excluding hydrogens is 276 g/mol. The first-order valence-corrected chi connectivity index (χ1v) is 8.35. The van der Waals surface area contributed by atoms with E-state index in [0.717, 1.165) is 23.9 Å². The summed E-state index contributed by atoms with van der Waals surface area (Å²) in [4.78, 5) is 4.43. The number of aliphatic hydroxyl groups is 1. The summed E-state index contributed by atoms with van der Waals surface area (Å²) in [7, 11) is 0. The van der Waals surface area contributed by atoms with Crippen LogP contribution >= 0.6 is 0 Å².